The van der Waals surface area contributed by atoms with Crippen molar-refractivity contribution in [1.29, 1.82) is 0 Å². The van der Waals surface area contributed by atoms with E-state index in [9.17, 15) is 18.0 Å². The highest BCUT2D eigenvalue weighted by Crippen LogP contribution is 2.49. The summed E-state index contributed by atoms with van der Waals surface area (Å²) in [7, 11) is 0. The molecule has 2 aromatic carbocycles. The van der Waals surface area contributed by atoms with E-state index < -0.39 is 18.2 Å². The molecule has 2 heterocycles. The molecule has 1 N–H and O–H groups in total. The zero-order chi connectivity index (χ0) is 25.4. The molecule has 0 bridgehead atoms. The van der Waals surface area contributed by atoms with Crippen molar-refractivity contribution in [1.82, 2.24) is 10.3 Å². The normalized spacial score (nSPS) is 18.5. The third-order valence-corrected chi connectivity index (χ3v) is 6.23. The molecule has 2 unspecified atom stereocenters. The predicted octanol–water partition coefficient (Wildman–Crippen LogP) is 6.77. The van der Waals surface area contributed by atoms with Crippen LogP contribution in [0.3, 0.4) is 0 Å². The molecule has 1 amide bonds. The van der Waals surface area contributed by atoms with Gasteiger partial charge in [0, 0.05) is 33.8 Å². The molecule has 0 fully saturated rings. The van der Waals surface area contributed by atoms with Crippen LogP contribution in [0.1, 0.15) is 52.1 Å². The van der Waals surface area contributed by atoms with Crippen molar-refractivity contribution in [3.8, 4) is 0 Å². The lowest BCUT2D eigenvalue weighted by molar-refractivity contribution is -0.275. The van der Waals surface area contributed by atoms with Gasteiger partial charge in [0.05, 0.1) is 17.4 Å². The maximum atomic E-state index is 14.2. The summed E-state index contributed by atoms with van der Waals surface area (Å²) in [6.07, 6.45) is -3.72. The number of carbonyl (C=O) groups excluding carboxylic acids is 1. The molecule has 0 radical (unpaired) electrons. The molecular weight excluding hydrogens is 502 g/mol. The minimum Gasteiger partial charge on any atom is -0.374 e. The van der Waals surface area contributed by atoms with Crippen molar-refractivity contribution < 1.29 is 22.8 Å². The van der Waals surface area contributed by atoms with E-state index in [1.165, 1.54) is 18.2 Å². The van der Waals surface area contributed by atoms with Gasteiger partial charge in [-0.25, -0.2) is 0 Å². The van der Waals surface area contributed by atoms with Crippen LogP contribution in [0, 0.1) is 6.92 Å². The molecule has 1 aliphatic heterocycles. The van der Waals surface area contributed by atoms with Gasteiger partial charge in [-0.05, 0) is 67.4 Å². The maximum Gasteiger partial charge on any atom is 0.435 e. The number of hydrogen-bond acceptors (Lipinski definition) is 4. The zero-order valence-corrected chi connectivity index (χ0v) is 20.2. The van der Waals surface area contributed by atoms with Crippen LogP contribution >= 0.6 is 23.2 Å². The number of amides is 1. The second kappa shape index (κ2) is 9.51. The smallest absolute Gasteiger partial charge is 0.374 e. The summed E-state index contributed by atoms with van der Waals surface area (Å²) in [4.78, 5) is 22.1. The number of nitrogens with one attached hydrogen (secondary N) is 1. The summed E-state index contributed by atoms with van der Waals surface area (Å²) in [5.41, 5.74) is -0.786. The number of aryl methyl sites for hydroxylation is 1. The van der Waals surface area contributed by atoms with Crippen LogP contribution in [-0.4, -0.2) is 22.8 Å². The monoisotopic (exact) mass is 521 g/mol. The Morgan fingerprint density at radius 1 is 1.11 bits per heavy atom. The minimum atomic E-state index is -4.79. The third kappa shape index (κ3) is 4.99. The molecule has 0 saturated heterocycles. The lowest BCUT2D eigenvalue weighted by atomic mass is 9.86. The molecule has 35 heavy (non-hydrogen) atoms. The Bertz CT molecular complexity index is 1280. The summed E-state index contributed by atoms with van der Waals surface area (Å²) in [5.74, 6) is -0.324. The van der Waals surface area contributed by atoms with Gasteiger partial charge in [-0.3, -0.25) is 9.78 Å². The Labute approximate surface area is 209 Å². The third-order valence-electron chi connectivity index (χ3n) is 5.80. The van der Waals surface area contributed by atoms with Crippen LogP contribution in [0.5, 0.6) is 0 Å². The molecule has 1 aromatic heterocycles. The van der Waals surface area contributed by atoms with Crippen molar-refractivity contribution in [2.75, 3.05) is 0 Å². The van der Waals surface area contributed by atoms with Crippen molar-refractivity contribution in [2.45, 2.75) is 38.1 Å². The SMILES string of the molecule is Cc1cc(C2=NOC(c3cc(Cl)cc(Cl)c3)(C(F)(F)F)C2)ccc1C(=O)NC(C)c1ccccn1. The van der Waals surface area contributed by atoms with Crippen molar-refractivity contribution >= 4 is 34.8 Å². The van der Waals surface area contributed by atoms with E-state index in [0.29, 0.717) is 22.4 Å². The highest BCUT2D eigenvalue weighted by atomic mass is 35.5. The van der Waals surface area contributed by atoms with E-state index in [4.69, 9.17) is 28.0 Å². The second-order valence-electron chi connectivity index (χ2n) is 8.27. The molecule has 0 aliphatic carbocycles. The number of hydrogen-bond donors (Lipinski definition) is 1. The maximum absolute atomic E-state index is 14.2. The minimum absolute atomic E-state index is 0.0549. The number of rotatable bonds is 5. The first-order valence-electron chi connectivity index (χ1n) is 10.6. The molecule has 3 aromatic rings. The average molecular weight is 522 g/mol. The Morgan fingerprint density at radius 2 is 1.83 bits per heavy atom. The molecule has 0 saturated carbocycles. The van der Waals surface area contributed by atoms with E-state index in [1.54, 1.807) is 43.5 Å². The van der Waals surface area contributed by atoms with Gasteiger partial charge >= 0.3 is 6.18 Å². The summed E-state index contributed by atoms with van der Waals surface area (Å²) >= 11 is 11.9. The number of halogens is 5. The number of oxime groups is 1. The number of carbonyl (C=O) groups is 1. The summed E-state index contributed by atoms with van der Waals surface area (Å²) in [6, 6.07) is 13.5. The van der Waals surface area contributed by atoms with Gasteiger partial charge in [-0.15, -0.1) is 0 Å². The lowest BCUT2D eigenvalue weighted by Crippen LogP contribution is -2.42. The largest absolute Gasteiger partial charge is 0.435 e. The number of pyridine rings is 1. The molecular formula is C25H20Cl2F3N3O2. The van der Waals surface area contributed by atoms with Gasteiger partial charge in [0.1, 0.15) is 0 Å². The number of alkyl halides is 3. The molecule has 10 heteroatoms. The topological polar surface area (TPSA) is 63.6 Å². The Balaban J connectivity index is 1.57. The summed E-state index contributed by atoms with van der Waals surface area (Å²) in [5, 5.41) is 6.75. The first-order chi connectivity index (χ1) is 16.5. The number of aromatic nitrogens is 1. The standard InChI is InChI=1S/C25H20Cl2F3N3O2/c1-14-9-16(6-7-20(14)23(34)32-15(2)21-5-3-4-8-31-21)22-13-24(35-33-22,25(28,29)30)17-10-18(26)12-19(27)11-17/h3-12,15H,13H2,1-2H3,(H,32,34). The van der Waals surface area contributed by atoms with Crippen LogP contribution < -0.4 is 5.32 Å². The fourth-order valence-electron chi connectivity index (χ4n) is 3.92. The lowest BCUT2D eigenvalue weighted by Gasteiger charge is -2.29. The first-order valence-corrected chi connectivity index (χ1v) is 11.4. The molecule has 4 rings (SSSR count). The number of benzene rings is 2. The van der Waals surface area contributed by atoms with Crippen molar-refractivity contribution in [3.63, 3.8) is 0 Å². The molecule has 5 nitrogen and oxygen atoms in total. The van der Waals surface area contributed by atoms with Gasteiger partial charge in [0.15, 0.2) is 0 Å². The zero-order valence-electron chi connectivity index (χ0n) is 18.7. The van der Waals surface area contributed by atoms with Gasteiger partial charge in [-0.1, -0.05) is 40.5 Å². The Kier molecular flexibility index (Phi) is 6.79. The summed E-state index contributed by atoms with van der Waals surface area (Å²) in [6.45, 7) is 3.52. The van der Waals surface area contributed by atoms with E-state index in [1.807, 2.05) is 13.0 Å². The van der Waals surface area contributed by atoms with Crippen LogP contribution in [0.4, 0.5) is 13.2 Å². The highest BCUT2D eigenvalue weighted by Gasteiger charge is 2.62. The number of nitrogens with zero attached hydrogens (tertiary/aromatic N) is 2. The van der Waals surface area contributed by atoms with Gasteiger partial charge in [0.25, 0.3) is 11.5 Å². The average Bonchev–Trinajstić information content (AvgIpc) is 3.26. The molecule has 2 atom stereocenters. The van der Waals surface area contributed by atoms with Gasteiger partial charge < -0.3 is 10.2 Å². The predicted molar refractivity (Wildman–Crippen MR) is 128 cm³/mol. The first kappa shape index (κ1) is 25.0. The van der Waals surface area contributed by atoms with E-state index in [2.05, 4.69) is 15.5 Å². The van der Waals surface area contributed by atoms with Crippen LogP contribution in [-0.2, 0) is 10.4 Å². The van der Waals surface area contributed by atoms with Crippen LogP contribution in [0.15, 0.2) is 65.9 Å². The fraction of sp³-hybridized carbons (Fsp3) is 0.240. The highest BCUT2D eigenvalue weighted by molar-refractivity contribution is 6.34. The Morgan fingerprint density at radius 3 is 2.43 bits per heavy atom. The quantitative estimate of drug-likeness (QED) is 0.402. The van der Waals surface area contributed by atoms with Gasteiger partial charge in [0.2, 0.25) is 0 Å². The van der Waals surface area contributed by atoms with Crippen molar-refractivity contribution in [2.24, 2.45) is 5.16 Å². The Hall–Kier alpha value is -3.10. The molecule has 1 aliphatic rings. The second-order valence-corrected chi connectivity index (χ2v) is 9.14. The van der Waals surface area contributed by atoms with E-state index >= 15 is 0 Å². The van der Waals surface area contributed by atoms with Crippen LogP contribution in [0.2, 0.25) is 10.0 Å². The fourth-order valence-corrected chi connectivity index (χ4v) is 4.45. The van der Waals surface area contributed by atoms with E-state index in [0.717, 1.165) is 0 Å². The van der Waals surface area contributed by atoms with Crippen molar-refractivity contribution in [3.05, 3.63) is 98.8 Å². The summed E-state index contributed by atoms with van der Waals surface area (Å²) < 4.78 is 42.7. The van der Waals surface area contributed by atoms with Gasteiger partial charge in [-0.2, -0.15) is 13.2 Å². The molecule has 182 valence electrons. The van der Waals surface area contributed by atoms with Crippen LogP contribution in [0.25, 0.3) is 0 Å². The molecule has 0 spiro atoms. The van der Waals surface area contributed by atoms with E-state index in [-0.39, 0.29) is 33.3 Å².